The van der Waals surface area contributed by atoms with E-state index in [2.05, 4.69) is 17.3 Å². The minimum absolute atomic E-state index is 0.235. The molecule has 24 heavy (non-hydrogen) atoms. The van der Waals surface area contributed by atoms with E-state index in [0.29, 0.717) is 23.3 Å². The van der Waals surface area contributed by atoms with Gasteiger partial charge in [-0.25, -0.2) is 0 Å². The summed E-state index contributed by atoms with van der Waals surface area (Å²) in [5.74, 6) is 0.906. The topological polar surface area (TPSA) is 62.9 Å². The van der Waals surface area contributed by atoms with Crippen molar-refractivity contribution in [2.75, 3.05) is 18.2 Å². The quantitative estimate of drug-likeness (QED) is 0.558. The lowest BCUT2D eigenvalue weighted by Gasteiger charge is -2.29. The van der Waals surface area contributed by atoms with Crippen LogP contribution < -0.4 is 16.1 Å². The second-order valence-corrected chi connectivity index (χ2v) is 6.04. The van der Waals surface area contributed by atoms with Crippen molar-refractivity contribution in [3.8, 4) is 0 Å². The van der Waals surface area contributed by atoms with Crippen LogP contribution in [0.2, 0.25) is 0 Å². The van der Waals surface area contributed by atoms with Gasteiger partial charge in [0.1, 0.15) is 5.84 Å². The smallest absolute Gasteiger partial charge is 0.212 e. The number of nitrogens with two attached hydrogens (primary N) is 1. The van der Waals surface area contributed by atoms with Crippen LogP contribution in [0.4, 0.5) is 5.69 Å². The Morgan fingerprint density at radius 1 is 1.29 bits per heavy atom. The van der Waals surface area contributed by atoms with E-state index in [0.717, 1.165) is 31.5 Å². The number of nitrogens with zero attached hydrogens (tertiary/aromatic N) is 2. The van der Waals surface area contributed by atoms with Crippen molar-refractivity contribution in [3.05, 3.63) is 42.3 Å². The van der Waals surface area contributed by atoms with Gasteiger partial charge in [-0.05, 0) is 31.6 Å². The van der Waals surface area contributed by atoms with Gasteiger partial charge in [-0.3, -0.25) is 0 Å². The molecule has 1 unspecified atom stereocenters. The number of benzene rings is 1. The maximum atomic E-state index is 6.16. The summed E-state index contributed by atoms with van der Waals surface area (Å²) in [6, 6.07) is 9.84. The summed E-state index contributed by atoms with van der Waals surface area (Å²) in [4.78, 5) is 0.668. The number of hydrazone groups is 1. The number of amidine groups is 1. The second kappa shape index (κ2) is 9.27. The van der Waals surface area contributed by atoms with Gasteiger partial charge in [-0.1, -0.05) is 50.2 Å². The zero-order chi connectivity index (χ0) is 17.4. The third-order valence-electron chi connectivity index (χ3n) is 3.68. The van der Waals surface area contributed by atoms with E-state index in [4.69, 9.17) is 22.7 Å². The number of anilines is 1. The molecule has 0 saturated heterocycles. The van der Waals surface area contributed by atoms with Gasteiger partial charge in [-0.2, -0.15) is 10.1 Å². The van der Waals surface area contributed by atoms with Crippen LogP contribution in [0.25, 0.3) is 0 Å². The van der Waals surface area contributed by atoms with Crippen molar-refractivity contribution in [2.45, 2.75) is 33.1 Å². The highest BCUT2D eigenvalue weighted by atomic mass is 32.1. The lowest BCUT2D eigenvalue weighted by Crippen LogP contribution is -2.41. The first-order chi connectivity index (χ1) is 11.7. The molecule has 1 aliphatic rings. The first-order valence-corrected chi connectivity index (χ1v) is 8.89. The Balaban J connectivity index is 2.22. The number of rotatable bonds is 8. The van der Waals surface area contributed by atoms with Crippen LogP contribution in [0.15, 0.2) is 47.4 Å². The maximum Gasteiger partial charge on any atom is 0.212 e. The van der Waals surface area contributed by atoms with Crippen LogP contribution >= 0.6 is 12.2 Å². The van der Waals surface area contributed by atoms with Crippen LogP contribution in [-0.2, 0) is 4.74 Å². The summed E-state index contributed by atoms with van der Waals surface area (Å²) < 4.78 is 6.00. The minimum atomic E-state index is -0.235. The predicted octanol–water partition coefficient (Wildman–Crippen LogP) is 3.38. The number of thiocarbonyl (C=S) groups is 1. The Labute approximate surface area is 149 Å². The van der Waals surface area contributed by atoms with Gasteiger partial charge in [-0.15, -0.1) is 0 Å². The van der Waals surface area contributed by atoms with Gasteiger partial charge in [0.15, 0.2) is 0 Å². The molecule has 1 aromatic carbocycles. The maximum absolute atomic E-state index is 6.16. The minimum Gasteiger partial charge on any atom is -0.478 e. The molecule has 0 fully saturated rings. The Morgan fingerprint density at radius 2 is 2.04 bits per heavy atom. The molecule has 0 amide bonds. The van der Waals surface area contributed by atoms with E-state index in [9.17, 15) is 0 Å². The Hall–Kier alpha value is -2.08. The van der Waals surface area contributed by atoms with Gasteiger partial charge >= 0.3 is 0 Å². The summed E-state index contributed by atoms with van der Waals surface area (Å²) in [6.45, 7) is 5.58. The van der Waals surface area contributed by atoms with Crippen molar-refractivity contribution in [1.29, 1.82) is 0 Å². The fourth-order valence-electron chi connectivity index (χ4n) is 2.41. The van der Waals surface area contributed by atoms with E-state index in [1.54, 1.807) is 5.01 Å². The monoisotopic (exact) mass is 346 g/mol. The average molecular weight is 346 g/mol. The molecule has 1 aliphatic heterocycles. The number of para-hydroxylation sites is 1. The van der Waals surface area contributed by atoms with E-state index in [1.807, 2.05) is 43.3 Å². The standard InChI is InChI=1S/C18H26N4OS/c1-3-5-9-12-23-16-13-15(18(24)20-4-2)17(19)21-22(16)14-10-7-6-8-11-14/h6-8,10-11,13,15H,3-5,9,12H2,1-2H3,(H2,19,21)(H,20,24). The first-order valence-electron chi connectivity index (χ1n) is 8.48. The molecule has 1 heterocycles. The fraction of sp³-hybridized carbons (Fsp3) is 0.444. The molecule has 3 N–H and O–H groups in total. The lowest BCUT2D eigenvalue weighted by atomic mass is 10.1. The SMILES string of the molecule is CCCCCOC1=CC(C(=S)NCC)C(N)=NN1c1ccccc1. The van der Waals surface area contributed by atoms with Gasteiger partial charge in [0.05, 0.1) is 23.2 Å². The van der Waals surface area contributed by atoms with Gasteiger partial charge < -0.3 is 15.8 Å². The van der Waals surface area contributed by atoms with Crippen molar-refractivity contribution in [3.63, 3.8) is 0 Å². The van der Waals surface area contributed by atoms with Crippen LogP contribution in [0.3, 0.4) is 0 Å². The molecule has 5 nitrogen and oxygen atoms in total. The predicted molar refractivity (Wildman–Crippen MR) is 104 cm³/mol. The highest BCUT2D eigenvalue weighted by molar-refractivity contribution is 7.80. The molecular weight excluding hydrogens is 320 g/mol. The third-order valence-corrected chi connectivity index (χ3v) is 4.08. The molecule has 0 bridgehead atoms. The summed E-state index contributed by atoms with van der Waals surface area (Å²) in [7, 11) is 0. The largest absolute Gasteiger partial charge is 0.478 e. The average Bonchev–Trinajstić information content (AvgIpc) is 2.60. The number of hydrogen-bond acceptors (Lipinski definition) is 5. The first kappa shape index (κ1) is 18.3. The number of ether oxygens (including phenoxy) is 1. The molecule has 0 radical (unpaired) electrons. The van der Waals surface area contributed by atoms with Gasteiger partial charge in [0.2, 0.25) is 5.88 Å². The Bertz CT molecular complexity index is 600. The van der Waals surface area contributed by atoms with Crippen LogP contribution in [-0.4, -0.2) is 24.0 Å². The molecule has 0 spiro atoms. The second-order valence-electron chi connectivity index (χ2n) is 5.60. The summed E-state index contributed by atoms with van der Waals surface area (Å²) in [6.07, 6.45) is 5.26. The summed E-state index contributed by atoms with van der Waals surface area (Å²) in [5, 5.41) is 9.42. The fourth-order valence-corrected chi connectivity index (χ4v) is 2.75. The molecule has 0 aliphatic carbocycles. The molecule has 1 atom stereocenters. The number of nitrogens with one attached hydrogen (secondary N) is 1. The molecule has 0 aromatic heterocycles. The molecular formula is C18H26N4OS. The van der Waals surface area contributed by atoms with Crippen molar-refractivity contribution < 1.29 is 4.74 Å². The highest BCUT2D eigenvalue weighted by Gasteiger charge is 2.27. The van der Waals surface area contributed by atoms with Gasteiger partial charge in [0, 0.05) is 6.54 Å². The summed E-state index contributed by atoms with van der Waals surface area (Å²) >= 11 is 5.42. The normalized spacial score (nSPS) is 17.1. The summed E-state index contributed by atoms with van der Waals surface area (Å²) in [5.41, 5.74) is 7.07. The molecule has 2 rings (SSSR count). The van der Waals surface area contributed by atoms with E-state index < -0.39 is 0 Å². The number of hydrogen-bond donors (Lipinski definition) is 2. The number of unbranched alkanes of at least 4 members (excludes halogenated alkanes) is 2. The van der Waals surface area contributed by atoms with Crippen molar-refractivity contribution in [2.24, 2.45) is 16.8 Å². The highest BCUT2D eigenvalue weighted by Crippen LogP contribution is 2.26. The molecule has 130 valence electrons. The Kier molecular flexibility index (Phi) is 7.06. The van der Waals surface area contributed by atoms with E-state index in [-0.39, 0.29) is 5.92 Å². The van der Waals surface area contributed by atoms with Crippen molar-refractivity contribution >= 4 is 28.7 Å². The lowest BCUT2D eigenvalue weighted by molar-refractivity contribution is 0.195. The zero-order valence-corrected chi connectivity index (χ0v) is 15.2. The van der Waals surface area contributed by atoms with Crippen LogP contribution in [0.1, 0.15) is 33.1 Å². The molecule has 6 heteroatoms. The van der Waals surface area contributed by atoms with Crippen LogP contribution in [0.5, 0.6) is 0 Å². The van der Waals surface area contributed by atoms with E-state index in [1.165, 1.54) is 0 Å². The zero-order valence-electron chi connectivity index (χ0n) is 14.4. The van der Waals surface area contributed by atoms with E-state index >= 15 is 0 Å². The third kappa shape index (κ3) is 4.71. The molecule has 0 saturated carbocycles. The van der Waals surface area contributed by atoms with Crippen LogP contribution in [0, 0.1) is 5.92 Å². The Morgan fingerprint density at radius 3 is 2.71 bits per heavy atom. The van der Waals surface area contributed by atoms with Gasteiger partial charge in [0.25, 0.3) is 0 Å². The van der Waals surface area contributed by atoms with Crippen molar-refractivity contribution in [1.82, 2.24) is 5.32 Å². The molecule has 1 aromatic rings.